The lowest BCUT2D eigenvalue weighted by molar-refractivity contribution is 0.0370. The Bertz CT molecular complexity index is 225. The predicted octanol–water partition coefficient (Wildman–Crippen LogP) is 2.64. The molecular formula is C14H28N2. The molecule has 1 aliphatic heterocycles. The summed E-state index contributed by atoms with van der Waals surface area (Å²) in [5.41, 5.74) is 0.459. The van der Waals surface area contributed by atoms with Crippen LogP contribution < -0.4 is 5.32 Å². The van der Waals surface area contributed by atoms with Gasteiger partial charge in [-0.25, -0.2) is 0 Å². The van der Waals surface area contributed by atoms with Crippen LogP contribution in [0.15, 0.2) is 0 Å². The number of hydrogen-bond donors (Lipinski definition) is 1. The van der Waals surface area contributed by atoms with Gasteiger partial charge in [-0.1, -0.05) is 19.8 Å². The molecule has 1 heterocycles. The monoisotopic (exact) mass is 224 g/mol. The molecule has 2 nitrogen and oxygen atoms in total. The standard InChI is InChI=1S/C14H28N2/c1-4-5-6-9-16-10-12(2)15-11-14(16,3)13-7-8-13/h12-13,15H,4-11H2,1-3H3. The molecule has 2 rings (SSSR count). The predicted molar refractivity (Wildman–Crippen MR) is 69.7 cm³/mol. The largest absolute Gasteiger partial charge is 0.311 e. The van der Waals surface area contributed by atoms with E-state index >= 15 is 0 Å². The van der Waals surface area contributed by atoms with E-state index in [0.29, 0.717) is 11.6 Å². The van der Waals surface area contributed by atoms with Gasteiger partial charge in [-0.05, 0) is 45.6 Å². The molecule has 2 atom stereocenters. The molecule has 1 N–H and O–H groups in total. The highest BCUT2D eigenvalue weighted by Crippen LogP contribution is 2.43. The Labute approximate surface area is 101 Å². The fourth-order valence-corrected chi connectivity index (χ4v) is 3.10. The molecule has 16 heavy (non-hydrogen) atoms. The quantitative estimate of drug-likeness (QED) is 0.722. The molecule has 0 spiro atoms. The molecule has 0 radical (unpaired) electrons. The average molecular weight is 224 g/mol. The lowest BCUT2D eigenvalue weighted by Gasteiger charge is -2.48. The van der Waals surface area contributed by atoms with Crippen LogP contribution in [0.1, 0.15) is 52.9 Å². The third-order valence-corrected chi connectivity index (χ3v) is 4.51. The number of piperazine rings is 1. The van der Waals surface area contributed by atoms with Crippen molar-refractivity contribution in [3.05, 3.63) is 0 Å². The maximum absolute atomic E-state index is 3.67. The molecule has 94 valence electrons. The van der Waals surface area contributed by atoms with Crippen LogP contribution in [0.3, 0.4) is 0 Å². The Kier molecular flexibility index (Phi) is 3.91. The second-order valence-corrected chi connectivity index (χ2v) is 6.07. The average Bonchev–Trinajstić information content (AvgIpc) is 3.07. The van der Waals surface area contributed by atoms with E-state index in [0.717, 1.165) is 5.92 Å². The lowest BCUT2D eigenvalue weighted by Crippen LogP contribution is -2.63. The highest BCUT2D eigenvalue weighted by Gasteiger charge is 2.47. The number of nitrogens with zero attached hydrogens (tertiary/aromatic N) is 1. The van der Waals surface area contributed by atoms with Gasteiger partial charge in [0.2, 0.25) is 0 Å². The zero-order valence-corrected chi connectivity index (χ0v) is 11.3. The Hall–Kier alpha value is -0.0800. The second kappa shape index (κ2) is 5.05. The van der Waals surface area contributed by atoms with Crippen LogP contribution in [-0.2, 0) is 0 Å². The van der Waals surface area contributed by atoms with Gasteiger partial charge in [-0.15, -0.1) is 0 Å². The summed E-state index contributed by atoms with van der Waals surface area (Å²) in [5, 5.41) is 3.67. The van der Waals surface area contributed by atoms with Gasteiger partial charge in [0, 0.05) is 24.7 Å². The smallest absolute Gasteiger partial charge is 0.0334 e. The van der Waals surface area contributed by atoms with E-state index in [9.17, 15) is 0 Å². The van der Waals surface area contributed by atoms with Crippen LogP contribution in [0.2, 0.25) is 0 Å². The molecule has 2 heteroatoms. The molecule has 2 unspecified atom stereocenters. The van der Waals surface area contributed by atoms with Crippen LogP contribution in [-0.4, -0.2) is 36.1 Å². The summed E-state index contributed by atoms with van der Waals surface area (Å²) in [6.07, 6.45) is 7.01. The van der Waals surface area contributed by atoms with Crippen molar-refractivity contribution >= 4 is 0 Å². The highest BCUT2D eigenvalue weighted by atomic mass is 15.3. The number of nitrogens with one attached hydrogen (secondary N) is 1. The van der Waals surface area contributed by atoms with E-state index in [1.54, 1.807) is 0 Å². The van der Waals surface area contributed by atoms with Crippen LogP contribution in [0.4, 0.5) is 0 Å². The van der Waals surface area contributed by atoms with Crippen LogP contribution in [0.5, 0.6) is 0 Å². The first-order valence-corrected chi connectivity index (χ1v) is 7.15. The Morgan fingerprint density at radius 3 is 2.69 bits per heavy atom. The second-order valence-electron chi connectivity index (χ2n) is 6.07. The molecular weight excluding hydrogens is 196 g/mol. The van der Waals surface area contributed by atoms with E-state index < -0.39 is 0 Å². The molecule has 2 fully saturated rings. The van der Waals surface area contributed by atoms with Gasteiger partial charge in [-0.3, -0.25) is 4.90 Å². The third-order valence-electron chi connectivity index (χ3n) is 4.51. The van der Waals surface area contributed by atoms with Crippen molar-refractivity contribution in [2.24, 2.45) is 5.92 Å². The summed E-state index contributed by atoms with van der Waals surface area (Å²) in [7, 11) is 0. The number of rotatable bonds is 5. The molecule has 1 aliphatic carbocycles. The Morgan fingerprint density at radius 1 is 1.31 bits per heavy atom. The van der Waals surface area contributed by atoms with Crippen molar-refractivity contribution < 1.29 is 0 Å². The van der Waals surface area contributed by atoms with Crippen molar-refractivity contribution in [2.45, 2.75) is 64.5 Å². The van der Waals surface area contributed by atoms with Gasteiger partial charge in [-0.2, -0.15) is 0 Å². The van der Waals surface area contributed by atoms with Crippen molar-refractivity contribution in [2.75, 3.05) is 19.6 Å². The van der Waals surface area contributed by atoms with Crippen LogP contribution >= 0.6 is 0 Å². The lowest BCUT2D eigenvalue weighted by atomic mass is 9.89. The highest BCUT2D eigenvalue weighted by molar-refractivity contribution is 5.04. The van der Waals surface area contributed by atoms with Gasteiger partial charge >= 0.3 is 0 Å². The summed E-state index contributed by atoms with van der Waals surface area (Å²) in [5.74, 6) is 0.967. The van der Waals surface area contributed by atoms with E-state index in [1.807, 2.05) is 0 Å². The Balaban J connectivity index is 1.92. The van der Waals surface area contributed by atoms with Gasteiger partial charge in [0.15, 0.2) is 0 Å². The normalized spacial score (nSPS) is 36.6. The first-order chi connectivity index (χ1) is 7.66. The fraction of sp³-hybridized carbons (Fsp3) is 1.00. The van der Waals surface area contributed by atoms with Gasteiger partial charge in [0.05, 0.1) is 0 Å². The maximum atomic E-state index is 3.67. The topological polar surface area (TPSA) is 15.3 Å². The minimum absolute atomic E-state index is 0.459. The Morgan fingerprint density at radius 2 is 2.06 bits per heavy atom. The van der Waals surface area contributed by atoms with Crippen LogP contribution in [0, 0.1) is 5.92 Å². The SMILES string of the molecule is CCCCCN1CC(C)NCC1(C)C1CC1. The van der Waals surface area contributed by atoms with Gasteiger partial charge < -0.3 is 5.32 Å². The molecule has 1 saturated carbocycles. The van der Waals surface area contributed by atoms with Crippen molar-refractivity contribution in [3.8, 4) is 0 Å². The molecule has 1 saturated heterocycles. The molecule has 0 aromatic heterocycles. The first kappa shape index (κ1) is 12.4. The minimum atomic E-state index is 0.459. The number of unbranched alkanes of at least 4 members (excludes halogenated alkanes) is 2. The van der Waals surface area contributed by atoms with Crippen LogP contribution in [0.25, 0.3) is 0 Å². The summed E-state index contributed by atoms with van der Waals surface area (Å²) < 4.78 is 0. The summed E-state index contributed by atoms with van der Waals surface area (Å²) in [4.78, 5) is 2.78. The maximum Gasteiger partial charge on any atom is 0.0334 e. The van der Waals surface area contributed by atoms with Crippen molar-refractivity contribution in [1.82, 2.24) is 10.2 Å². The molecule has 0 aromatic rings. The molecule has 0 bridgehead atoms. The summed E-state index contributed by atoms with van der Waals surface area (Å²) >= 11 is 0. The van der Waals surface area contributed by atoms with Gasteiger partial charge in [0.1, 0.15) is 0 Å². The molecule has 2 aliphatic rings. The zero-order chi connectivity index (χ0) is 11.6. The fourth-order valence-electron chi connectivity index (χ4n) is 3.10. The molecule has 0 amide bonds. The van der Waals surface area contributed by atoms with Crippen molar-refractivity contribution in [3.63, 3.8) is 0 Å². The van der Waals surface area contributed by atoms with Gasteiger partial charge in [0.25, 0.3) is 0 Å². The summed E-state index contributed by atoms with van der Waals surface area (Å²) in [6, 6.07) is 0.674. The third kappa shape index (κ3) is 2.60. The van der Waals surface area contributed by atoms with E-state index in [-0.39, 0.29) is 0 Å². The number of hydrogen-bond acceptors (Lipinski definition) is 2. The van der Waals surface area contributed by atoms with E-state index in [1.165, 1.54) is 51.7 Å². The minimum Gasteiger partial charge on any atom is -0.311 e. The summed E-state index contributed by atoms with van der Waals surface area (Å²) in [6.45, 7) is 10.9. The van der Waals surface area contributed by atoms with E-state index in [4.69, 9.17) is 0 Å². The van der Waals surface area contributed by atoms with E-state index in [2.05, 4.69) is 31.0 Å². The first-order valence-electron chi connectivity index (χ1n) is 7.15. The molecule has 0 aromatic carbocycles. The van der Waals surface area contributed by atoms with Crippen molar-refractivity contribution in [1.29, 1.82) is 0 Å². The zero-order valence-electron chi connectivity index (χ0n) is 11.3.